The third-order valence-electron chi connectivity index (χ3n) is 4.68. The average Bonchev–Trinajstić information content (AvgIpc) is 2.74. The minimum atomic E-state index is -3.71. The van der Waals surface area contributed by atoms with Crippen LogP contribution in [-0.4, -0.2) is 27.0 Å². The Morgan fingerprint density at radius 1 is 0.968 bits per heavy atom. The summed E-state index contributed by atoms with van der Waals surface area (Å²) in [6.45, 7) is 5.85. The number of para-hydroxylation sites is 1. The van der Waals surface area contributed by atoms with E-state index < -0.39 is 10.0 Å². The topological polar surface area (TPSA) is 84.5 Å². The second kappa shape index (κ2) is 9.66. The van der Waals surface area contributed by atoms with E-state index in [-0.39, 0.29) is 16.8 Å². The Kier molecular flexibility index (Phi) is 6.97. The van der Waals surface area contributed by atoms with Crippen LogP contribution in [0.4, 0.5) is 5.69 Å². The maximum absolute atomic E-state index is 12.6. The standard InChI is InChI=1S/C24H26N2O4S/c1-17-9-12-22(13-10-17)31(28,29)26-23-14-11-20(15-18(23)2)24(27)25-19(3)16-30-21-7-5-4-6-8-21/h4-15,19,26H,16H2,1-3H3,(H,25,27)/t19-/m1/s1. The SMILES string of the molecule is Cc1ccc(S(=O)(=O)Nc2ccc(C(=O)N[C@H](C)COc3ccccc3)cc2C)cc1. The highest BCUT2D eigenvalue weighted by Crippen LogP contribution is 2.21. The van der Waals surface area contributed by atoms with Gasteiger partial charge < -0.3 is 10.1 Å². The second-order valence-corrected chi connectivity index (χ2v) is 9.13. The van der Waals surface area contributed by atoms with Crippen molar-refractivity contribution in [2.24, 2.45) is 0 Å². The molecule has 0 heterocycles. The number of hydrogen-bond acceptors (Lipinski definition) is 4. The summed E-state index contributed by atoms with van der Waals surface area (Å²) in [7, 11) is -3.71. The van der Waals surface area contributed by atoms with Crippen LogP contribution in [0.5, 0.6) is 5.75 Å². The fourth-order valence-electron chi connectivity index (χ4n) is 2.93. The summed E-state index contributed by atoms with van der Waals surface area (Å²) in [5, 5.41) is 2.89. The zero-order valence-corrected chi connectivity index (χ0v) is 18.6. The fraction of sp³-hybridized carbons (Fsp3) is 0.208. The van der Waals surface area contributed by atoms with Crippen molar-refractivity contribution in [2.75, 3.05) is 11.3 Å². The summed E-state index contributed by atoms with van der Waals surface area (Å²) in [5.41, 5.74) is 2.50. The van der Waals surface area contributed by atoms with Crippen LogP contribution in [0.3, 0.4) is 0 Å². The van der Waals surface area contributed by atoms with Gasteiger partial charge in [0.1, 0.15) is 12.4 Å². The lowest BCUT2D eigenvalue weighted by Gasteiger charge is -2.16. The normalized spacial score (nSPS) is 12.1. The number of carbonyl (C=O) groups excluding carboxylic acids is 1. The molecule has 0 saturated heterocycles. The van der Waals surface area contributed by atoms with E-state index >= 15 is 0 Å². The van der Waals surface area contributed by atoms with Crippen molar-refractivity contribution in [3.05, 3.63) is 89.5 Å². The van der Waals surface area contributed by atoms with E-state index in [1.807, 2.05) is 44.2 Å². The van der Waals surface area contributed by atoms with Crippen LogP contribution in [0.1, 0.15) is 28.4 Å². The number of benzene rings is 3. The Morgan fingerprint density at radius 3 is 2.29 bits per heavy atom. The van der Waals surface area contributed by atoms with E-state index in [0.29, 0.717) is 23.4 Å². The summed E-state index contributed by atoms with van der Waals surface area (Å²) in [5.74, 6) is 0.491. The molecule has 3 aromatic rings. The molecule has 0 aliphatic heterocycles. The van der Waals surface area contributed by atoms with Gasteiger partial charge in [0.25, 0.3) is 15.9 Å². The molecule has 7 heteroatoms. The molecule has 0 saturated carbocycles. The molecule has 0 aliphatic rings. The highest BCUT2D eigenvalue weighted by molar-refractivity contribution is 7.92. The Morgan fingerprint density at radius 2 is 1.65 bits per heavy atom. The van der Waals surface area contributed by atoms with Crippen molar-refractivity contribution in [1.29, 1.82) is 0 Å². The maximum atomic E-state index is 12.6. The molecule has 0 spiro atoms. The van der Waals surface area contributed by atoms with Gasteiger partial charge in [0.2, 0.25) is 0 Å². The molecule has 0 unspecified atom stereocenters. The molecule has 0 radical (unpaired) electrons. The quantitative estimate of drug-likeness (QED) is 0.549. The summed E-state index contributed by atoms with van der Waals surface area (Å²) in [4.78, 5) is 12.7. The van der Waals surface area contributed by atoms with Gasteiger partial charge in [0, 0.05) is 5.56 Å². The lowest BCUT2D eigenvalue weighted by atomic mass is 10.1. The van der Waals surface area contributed by atoms with Gasteiger partial charge in [0.15, 0.2) is 0 Å². The molecule has 6 nitrogen and oxygen atoms in total. The molecule has 0 fully saturated rings. The summed E-state index contributed by atoms with van der Waals surface area (Å²) in [6, 6.07) is 20.7. The van der Waals surface area contributed by atoms with Crippen LogP contribution in [0.2, 0.25) is 0 Å². The molecular weight excluding hydrogens is 412 g/mol. The van der Waals surface area contributed by atoms with E-state index in [4.69, 9.17) is 4.74 Å². The number of amides is 1. The summed E-state index contributed by atoms with van der Waals surface area (Å²) < 4.78 is 33.5. The van der Waals surface area contributed by atoms with Gasteiger partial charge in [-0.15, -0.1) is 0 Å². The second-order valence-electron chi connectivity index (χ2n) is 7.45. The monoisotopic (exact) mass is 438 g/mol. The number of aryl methyl sites for hydroxylation is 2. The number of nitrogens with one attached hydrogen (secondary N) is 2. The smallest absolute Gasteiger partial charge is 0.261 e. The first-order valence-corrected chi connectivity index (χ1v) is 11.4. The summed E-state index contributed by atoms with van der Waals surface area (Å²) >= 11 is 0. The zero-order valence-electron chi connectivity index (χ0n) is 17.8. The van der Waals surface area contributed by atoms with Crippen LogP contribution >= 0.6 is 0 Å². The third kappa shape index (κ3) is 6.08. The lowest BCUT2D eigenvalue weighted by molar-refractivity contribution is 0.0926. The first kappa shape index (κ1) is 22.4. The zero-order chi connectivity index (χ0) is 22.4. The van der Waals surface area contributed by atoms with E-state index in [1.165, 1.54) is 0 Å². The van der Waals surface area contributed by atoms with Gasteiger partial charge in [-0.1, -0.05) is 35.9 Å². The number of ether oxygens (including phenoxy) is 1. The van der Waals surface area contributed by atoms with Gasteiger partial charge in [-0.25, -0.2) is 8.42 Å². The van der Waals surface area contributed by atoms with E-state index in [2.05, 4.69) is 10.0 Å². The van der Waals surface area contributed by atoms with Crippen molar-refractivity contribution < 1.29 is 17.9 Å². The minimum Gasteiger partial charge on any atom is -0.491 e. The van der Waals surface area contributed by atoms with Crippen LogP contribution in [0.25, 0.3) is 0 Å². The van der Waals surface area contributed by atoms with Crippen LogP contribution in [0.15, 0.2) is 77.7 Å². The van der Waals surface area contributed by atoms with Gasteiger partial charge in [-0.2, -0.15) is 0 Å². The Balaban J connectivity index is 1.63. The molecular formula is C24H26N2O4S. The van der Waals surface area contributed by atoms with Gasteiger partial charge in [-0.3, -0.25) is 9.52 Å². The number of sulfonamides is 1. The molecule has 31 heavy (non-hydrogen) atoms. The highest BCUT2D eigenvalue weighted by Gasteiger charge is 2.17. The molecule has 3 rings (SSSR count). The Hall–Kier alpha value is -3.32. The minimum absolute atomic E-state index is 0.187. The van der Waals surface area contributed by atoms with Crippen molar-refractivity contribution in [2.45, 2.75) is 31.7 Å². The number of rotatable bonds is 8. The molecule has 0 bridgehead atoms. The van der Waals surface area contributed by atoms with Crippen molar-refractivity contribution in [3.8, 4) is 5.75 Å². The Bertz CT molecular complexity index is 1140. The largest absolute Gasteiger partial charge is 0.491 e. The van der Waals surface area contributed by atoms with Crippen molar-refractivity contribution >= 4 is 21.6 Å². The number of anilines is 1. The molecule has 162 valence electrons. The first-order chi connectivity index (χ1) is 14.7. The number of hydrogen-bond donors (Lipinski definition) is 2. The van der Waals surface area contributed by atoms with Gasteiger partial charge in [0.05, 0.1) is 16.6 Å². The van der Waals surface area contributed by atoms with Crippen molar-refractivity contribution in [3.63, 3.8) is 0 Å². The van der Waals surface area contributed by atoms with Crippen molar-refractivity contribution in [1.82, 2.24) is 5.32 Å². The van der Waals surface area contributed by atoms with Crippen LogP contribution in [0, 0.1) is 13.8 Å². The van der Waals surface area contributed by atoms with Gasteiger partial charge in [-0.05, 0) is 68.8 Å². The predicted octanol–water partition coefficient (Wildman–Crippen LogP) is 4.30. The molecule has 2 N–H and O–H groups in total. The predicted molar refractivity (Wildman–Crippen MR) is 122 cm³/mol. The average molecular weight is 439 g/mol. The Labute approximate surface area is 183 Å². The van der Waals surface area contributed by atoms with E-state index in [1.54, 1.807) is 49.4 Å². The lowest BCUT2D eigenvalue weighted by Crippen LogP contribution is -2.36. The van der Waals surface area contributed by atoms with E-state index in [9.17, 15) is 13.2 Å². The first-order valence-electron chi connectivity index (χ1n) is 9.93. The molecule has 0 aromatic heterocycles. The molecule has 1 amide bonds. The maximum Gasteiger partial charge on any atom is 0.261 e. The number of carbonyl (C=O) groups is 1. The third-order valence-corrected chi connectivity index (χ3v) is 6.07. The highest BCUT2D eigenvalue weighted by atomic mass is 32.2. The fourth-order valence-corrected chi connectivity index (χ4v) is 4.06. The molecule has 0 aliphatic carbocycles. The van der Waals surface area contributed by atoms with E-state index in [0.717, 1.165) is 11.3 Å². The summed E-state index contributed by atoms with van der Waals surface area (Å²) in [6.07, 6.45) is 0. The van der Waals surface area contributed by atoms with Gasteiger partial charge >= 0.3 is 0 Å². The molecule has 1 atom stereocenters. The molecule has 3 aromatic carbocycles. The van der Waals surface area contributed by atoms with Crippen LogP contribution < -0.4 is 14.8 Å². The van der Waals surface area contributed by atoms with Crippen LogP contribution in [-0.2, 0) is 10.0 Å².